The quantitative estimate of drug-likeness (QED) is 0.722. The van der Waals surface area contributed by atoms with Crippen molar-refractivity contribution in [2.75, 3.05) is 6.54 Å². The van der Waals surface area contributed by atoms with Gasteiger partial charge in [0.05, 0.1) is 22.2 Å². The van der Waals surface area contributed by atoms with Crippen LogP contribution in [0.5, 0.6) is 0 Å². The standard InChI is InChI=1S/C20H30N4O3/c1-12(2)15-11-14(19(27)21-10-8-7-9-16(25)26)17-13(3)23-24(18(17)22-15)20(4,5)6/h11-12H,7-10H2,1-6H3,(H,21,27)(H,25,26). The van der Waals surface area contributed by atoms with Crippen LogP contribution in [0.25, 0.3) is 11.0 Å². The first-order valence-corrected chi connectivity index (χ1v) is 9.43. The molecular weight excluding hydrogens is 344 g/mol. The van der Waals surface area contributed by atoms with Crippen LogP contribution in [0.1, 0.15) is 81.5 Å². The number of nitrogens with zero attached hydrogens (tertiary/aromatic N) is 3. The number of fused-ring (bicyclic) bond motifs is 1. The molecule has 2 aromatic heterocycles. The van der Waals surface area contributed by atoms with Gasteiger partial charge in [0.1, 0.15) is 0 Å². The maximum absolute atomic E-state index is 12.8. The van der Waals surface area contributed by atoms with E-state index in [1.807, 2.05) is 31.5 Å². The van der Waals surface area contributed by atoms with E-state index in [4.69, 9.17) is 10.1 Å². The summed E-state index contributed by atoms with van der Waals surface area (Å²) >= 11 is 0. The number of carboxylic acids is 1. The first-order chi connectivity index (χ1) is 12.5. The van der Waals surface area contributed by atoms with Crippen molar-refractivity contribution in [2.45, 2.75) is 72.3 Å². The van der Waals surface area contributed by atoms with Gasteiger partial charge in [-0.15, -0.1) is 0 Å². The number of amides is 1. The highest BCUT2D eigenvalue weighted by Crippen LogP contribution is 2.28. The molecule has 0 fully saturated rings. The molecule has 2 heterocycles. The third kappa shape index (κ3) is 4.84. The molecule has 2 N–H and O–H groups in total. The Bertz CT molecular complexity index is 847. The smallest absolute Gasteiger partial charge is 0.303 e. The molecule has 0 spiro atoms. The van der Waals surface area contributed by atoms with Crippen molar-refractivity contribution in [3.05, 3.63) is 23.0 Å². The molecule has 0 saturated carbocycles. The Morgan fingerprint density at radius 3 is 2.48 bits per heavy atom. The molecule has 0 bridgehead atoms. The van der Waals surface area contributed by atoms with Gasteiger partial charge >= 0.3 is 5.97 Å². The van der Waals surface area contributed by atoms with Crippen molar-refractivity contribution in [3.63, 3.8) is 0 Å². The molecular formula is C20H30N4O3. The zero-order valence-corrected chi connectivity index (χ0v) is 17.1. The lowest BCUT2D eigenvalue weighted by Crippen LogP contribution is -2.26. The van der Waals surface area contributed by atoms with Gasteiger partial charge in [-0.1, -0.05) is 13.8 Å². The van der Waals surface area contributed by atoms with Gasteiger partial charge in [0, 0.05) is 18.7 Å². The largest absolute Gasteiger partial charge is 0.481 e. The minimum absolute atomic E-state index is 0.115. The number of carboxylic acid groups (broad SMARTS) is 1. The van der Waals surface area contributed by atoms with E-state index in [1.165, 1.54) is 0 Å². The number of pyridine rings is 1. The van der Waals surface area contributed by atoms with Gasteiger partial charge in [-0.3, -0.25) is 9.59 Å². The second kappa shape index (κ2) is 8.06. The number of carbonyl (C=O) groups excluding carboxylic acids is 1. The maximum Gasteiger partial charge on any atom is 0.303 e. The fourth-order valence-electron chi connectivity index (χ4n) is 2.95. The Labute approximate surface area is 160 Å². The van der Waals surface area contributed by atoms with E-state index in [0.717, 1.165) is 22.4 Å². The summed E-state index contributed by atoms with van der Waals surface area (Å²) in [4.78, 5) is 28.2. The van der Waals surface area contributed by atoms with Gasteiger partial charge in [0.2, 0.25) is 0 Å². The summed E-state index contributed by atoms with van der Waals surface area (Å²) < 4.78 is 1.88. The predicted octanol–water partition coefficient (Wildman–Crippen LogP) is 3.60. The molecule has 0 aromatic carbocycles. The van der Waals surface area contributed by atoms with E-state index in [-0.39, 0.29) is 23.8 Å². The summed E-state index contributed by atoms with van der Waals surface area (Å²) in [5.41, 5.74) is 2.68. The molecule has 7 nitrogen and oxygen atoms in total. The Kier molecular flexibility index (Phi) is 6.23. The summed E-state index contributed by atoms with van der Waals surface area (Å²) in [6.45, 7) is 12.6. The average molecular weight is 374 g/mol. The second-order valence-electron chi connectivity index (χ2n) is 8.22. The van der Waals surface area contributed by atoms with E-state index in [2.05, 4.69) is 31.2 Å². The summed E-state index contributed by atoms with van der Waals surface area (Å²) in [5.74, 6) is -0.805. The van der Waals surface area contributed by atoms with Crippen LogP contribution >= 0.6 is 0 Å². The Morgan fingerprint density at radius 2 is 1.93 bits per heavy atom. The molecule has 148 valence electrons. The summed E-state index contributed by atoms with van der Waals surface area (Å²) in [5, 5.41) is 17.0. The number of rotatable bonds is 7. The third-order valence-electron chi connectivity index (χ3n) is 4.41. The number of aromatic nitrogens is 3. The van der Waals surface area contributed by atoms with E-state index >= 15 is 0 Å². The van der Waals surface area contributed by atoms with Crippen molar-refractivity contribution in [3.8, 4) is 0 Å². The number of unbranched alkanes of at least 4 members (excludes halogenated alkanes) is 1. The number of aryl methyl sites for hydroxylation is 1. The van der Waals surface area contributed by atoms with E-state index < -0.39 is 5.97 Å². The number of carbonyl (C=O) groups is 2. The fraction of sp³-hybridized carbons (Fsp3) is 0.600. The molecule has 1 amide bonds. The van der Waals surface area contributed by atoms with Crippen molar-refractivity contribution in [1.29, 1.82) is 0 Å². The molecule has 0 aliphatic heterocycles. The predicted molar refractivity (Wildman–Crippen MR) is 105 cm³/mol. The number of hydrogen-bond donors (Lipinski definition) is 2. The van der Waals surface area contributed by atoms with Crippen molar-refractivity contribution < 1.29 is 14.7 Å². The normalized spacial score (nSPS) is 12.0. The Balaban J connectivity index is 2.38. The van der Waals surface area contributed by atoms with E-state index in [9.17, 15) is 9.59 Å². The highest BCUT2D eigenvalue weighted by molar-refractivity contribution is 6.06. The minimum Gasteiger partial charge on any atom is -0.481 e. The van der Waals surface area contributed by atoms with Gasteiger partial charge in [-0.2, -0.15) is 5.10 Å². The summed E-state index contributed by atoms with van der Waals surface area (Å²) in [6, 6.07) is 1.85. The first kappa shape index (κ1) is 20.9. The molecule has 0 aliphatic rings. The monoisotopic (exact) mass is 374 g/mol. The number of nitrogens with one attached hydrogen (secondary N) is 1. The van der Waals surface area contributed by atoms with Crippen molar-refractivity contribution in [2.24, 2.45) is 0 Å². The molecule has 0 radical (unpaired) electrons. The van der Waals surface area contributed by atoms with E-state index in [1.54, 1.807) is 0 Å². The maximum atomic E-state index is 12.8. The van der Waals surface area contributed by atoms with Crippen LogP contribution in [0.15, 0.2) is 6.07 Å². The molecule has 0 unspecified atom stereocenters. The van der Waals surface area contributed by atoms with Crippen molar-refractivity contribution >= 4 is 22.9 Å². The molecule has 7 heteroatoms. The van der Waals surface area contributed by atoms with Crippen LogP contribution in [0.4, 0.5) is 0 Å². The zero-order chi connectivity index (χ0) is 20.4. The van der Waals surface area contributed by atoms with Gasteiger partial charge in [-0.05, 0) is 52.5 Å². The van der Waals surface area contributed by atoms with Crippen LogP contribution in [0, 0.1) is 6.92 Å². The molecule has 2 rings (SSSR count). The van der Waals surface area contributed by atoms with Gasteiger partial charge in [-0.25, -0.2) is 9.67 Å². The van der Waals surface area contributed by atoms with Crippen molar-refractivity contribution in [1.82, 2.24) is 20.1 Å². The molecule has 27 heavy (non-hydrogen) atoms. The number of hydrogen-bond acceptors (Lipinski definition) is 4. The van der Waals surface area contributed by atoms with Crippen LogP contribution in [-0.2, 0) is 10.3 Å². The van der Waals surface area contributed by atoms with Crippen LogP contribution in [0.2, 0.25) is 0 Å². The fourth-order valence-corrected chi connectivity index (χ4v) is 2.95. The van der Waals surface area contributed by atoms with Crippen LogP contribution in [-0.4, -0.2) is 38.3 Å². The third-order valence-corrected chi connectivity index (χ3v) is 4.41. The van der Waals surface area contributed by atoms with Gasteiger partial charge in [0.15, 0.2) is 5.65 Å². The van der Waals surface area contributed by atoms with Gasteiger partial charge in [0.25, 0.3) is 5.91 Å². The molecule has 0 atom stereocenters. The molecule has 0 aliphatic carbocycles. The zero-order valence-electron chi connectivity index (χ0n) is 17.1. The van der Waals surface area contributed by atoms with E-state index in [0.29, 0.717) is 24.9 Å². The summed E-state index contributed by atoms with van der Waals surface area (Å²) in [6.07, 6.45) is 1.29. The highest BCUT2D eigenvalue weighted by atomic mass is 16.4. The Hall–Kier alpha value is -2.44. The highest BCUT2D eigenvalue weighted by Gasteiger charge is 2.25. The molecule has 0 saturated heterocycles. The molecule has 2 aromatic rings. The minimum atomic E-state index is -0.816. The summed E-state index contributed by atoms with van der Waals surface area (Å²) in [7, 11) is 0. The Morgan fingerprint density at radius 1 is 1.26 bits per heavy atom. The average Bonchev–Trinajstić information content (AvgIpc) is 2.90. The first-order valence-electron chi connectivity index (χ1n) is 9.43. The van der Waals surface area contributed by atoms with Gasteiger partial charge < -0.3 is 10.4 Å². The second-order valence-corrected chi connectivity index (χ2v) is 8.22. The SMILES string of the molecule is Cc1nn(C(C)(C)C)c2nc(C(C)C)cc(C(=O)NCCCCC(=O)O)c12. The lowest BCUT2D eigenvalue weighted by Gasteiger charge is -2.20. The number of aliphatic carboxylic acids is 1. The lowest BCUT2D eigenvalue weighted by molar-refractivity contribution is -0.137. The topological polar surface area (TPSA) is 97.1 Å². The van der Waals surface area contributed by atoms with Crippen LogP contribution in [0.3, 0.4) is 0 Å². The van der Waals surface area contributed by atoms with Crippen LogP contribution < -0.4 is 5.32 Å². The lowest BCUT2D eigenvalue weighted by atomic mass is 10.0.